The van der Waals surface area contributed by atoms with Crippen molar-refractivity contribution in [1.29, 1.82) is 0 Å². The molecule has 4 rings (SSSR count). The minimum absolute atomic E-state index is 0.0462. The van der Waals surface area contributed by atoms with Gasteiger partial charge in [0.25, 0.3) is 0 Å². The molecule has 1 aliphatic rings. The zero-order valence-corrected chi connectivity index (χ0v) is 20.3. The Hall–Kier alpha value is -2.99. The second kappa shape index (κ2) is 10.3. The monoisotopic (exact) mass is 446 g/mol. The Morgan fingerprint density at radius 3 is 2.48 bits per heavy atom. The third-order valence-corrected chi connectivity index (χ3v) is 5.96. The third-order valence-electron chi connectivity index (χ3n) is 5.96. The highest BCUT2D eigenvalue weighted by Crippen LogP contribution is 2.37. The predicted octanol–water partition coefficient (Wildman–Crippen LogP) is 5.91. The van der Waals surface area contributed by atoms with Crippen molar-refractivity contribution in [3.63, 3.8) is 0 Å². The van der Waals surface area contributed by atoms with Crippen LogP contribution in [0.4, 0.5) is 5.82 Å². The summed E-state index contributed by atoms with van der Waals surface area (Å²) in [5.74, 6) is 1.89. The molecule has 0 saturated carbocycles. The van der Waals surface area contributed by atoms with E-state index in [-0.39, 0.29) is 12.1 Å². The molecule has 0 amide bonds. The van der Waals surface area contributed by atoms with Crippen LogP contribution >= 0.6 is 0 Å². The number of benzene rings is 1. The highest BCUT2D eigenvalue weighted by atomic mass is 16.5. The van der Waals surface area contributed by atoms with Crippen LogP contribution in [-0.4, -0.2) is 27.7 Å². The average Bonchev–Trinajstić information content (AvgIpc) is 3.14. The van der Waals surface area contributed by atoms with Gasteiger partial charge in [-0.15, -0.1) is 0 Å². The summed E-state index contributed by atoms with van der Waals surface area (Å²) in [5.41, 5.74) is 6.33. The van der Waals surface area contributed by atoms with E-state index < -0.39 is 0 Å². The number of nitrogens with zero attached hydrogens (tertiary/aromatic N) is 3. The topological polar surface area (TPSA) is 69.2 Å². The number of nitrogens with one attached hydrogen (secondary N) is 1. The van der Waals surface area contributed by atoms with Crippen molar-refractivity contribution in [3.05, 3.63) is 70.2 Å². The van der Waals surface area contributed by atoms with Crippen molar-refractivity contribution in [2.24, 2.45) is 0 Å². The van der Waals surface area contributed by atoms with Gasteiger partial charge in [0.05, 0.1) is 17.8 Å². The van der Waals surface area contributed by atoms with E-state index in [2.05, 4.69) is 55.3 Å². The van der Waals surface area contributed by atoms with Gasteiger partial charge in [-0.3, -0.25) is 0 Å². The van der Waals surface area contributed by atoms with Gasteiger partial charge in [-0.05, 0) is 55.9 Å². The lowest BCUT2D eigenvalue weighted by Crippen LogP contribution is -2.26. The van der Waals surface area contributed by atoms with Crippen LogP contribution in [0.3, 0.4) is 0 Å². The van der Waals surface area contributed by atoms with Crippen LogP contribution in [0, 0.1) is 13.8 Å². The molecule has 1 aliphatic carbocycles. The smallest absolute Gasteiger partial charge is 0.243 e. The van der Waals surface area contributed by atoms with Crippen LogP contribution in [-0.2, 0) is 24.0 Å². The first-order valence-electron chi connectivity index (χ1n) is 12.0. The number of hydrogen-bond donors (Lipinski definition) is 1. The van der Waals surface area contributed by atoms with E-state index >= 15 is 0 Å². The van der Waals surface area contributed by atoms with Crippen molar-refractivity contribution < 1.29 is 9.47 Å². The highest BCUT2D eigenvalue weighted by molar-refractivity contribution is 5.50. The van der Waals surface area contributed by atoms with E-state index in [1.165, 1.54) is 11.1 Å². The number of aryl methyl sites for hydroxylation is 4. The fourth-order valence-electron chi connectivity index (χ4n) is 4.42. The van der Waals surface area contributed by atoms with Crippen molar-refractivity contribution in [1.82, 2.24) is 15.0 Å². The molecule has 3 aromatic rings. The Morgan fingerprint density at radius 2 is 1.76 bits per heavy atom. The minimum Gasteiger partial charge on any atom is -0.419 e. The summed E-state index contributed by atoms with van der Waals surface area (Å²) in [4.78, 5) is 14.4. The van der Waals surface area contributed by atoms with Crippen LogP contribution in [0.25, 0.3) is 0 Å². The predicted molar refractivity (Wildman–Crippen MR) is 131 cm³/mol. The number of ether oxygens (including phenoxy) is 2. The summed E-state index contributed by atoms with van der Waals surface area (Å²) in [6, 6.07) is 12.6. The van der Waals surface area contributed by atoms with Crippen LogP contribution in [0.15, 0.2) is 36.4 Å². The van der Waals surface area contributed by atoms with Crippen molar-refractivity contribution in [3.8, 4) is 11.8 Å². The molecule has 0 spiro atoms. The standard InChI is InChI=1S/C27H34N4O2/c1-6-13-32-23-16-19-11-9-10-12-20(19)25(23)31-26-21(7-2)30-27(22(8-3)29-26)33-24-15-17(4)14-18(5)28-24/h9-12,14-15,23,25H,6-8,13,16H2,1-5H3,(H,29,31)/t23-,25+/m0/s1. The maximum Gasteiger partial charge on any atom is 0.243 e. The quantitative estimate of drug-likeness (QED) is 0.441. The number of aromatic nitrogens is 3. The molecule has 0 aliphatic heterocycles. The lowest BCUT2D eigenvalue weighted by Gasteiger charge is -2.24. The van der Waals surface area contributed by atoms with Gasteiger partial charge in [-0.1, -0.05) is 45.0 Å². The van der Waals surface area contributed by atoms with E-state index in [0.29, 0.717) is 18.2 Å². The Kier molecular flexibility index (Phi) is 7.23. The fraction of sp³-hybridized carbons (Fsp3) is 0.444. The van der Waals surface area contributed by atoms with E-state index in [9.17, 15) is 0 Å². The van der Waals surface area contributed by atoms with Crippen LogP contribution in [0.1, 0.15) is 67.0 Å². The molecule has 0 saturated heterocycles. The van der Waals surface area contributed by atoms with Crippen molar-refractivity contribution >= 4 is 5.82 Å². The molecule has 33 heavy (non-hydrogen) atoms. The average molecular weight is 447 g/mol. The summed E-state index contributed by atoms with van der Waals surface area (Å²) >= 11 is 0. The largest absolute Gasteiger partial charge is 0.419 e. The number of hydrogen-bond acceptors (Lipinski definition) is 6. The summed E-state index contributed by atoms with van der Waals surface area (Å²) in [5, 5.41) is 3.69. The number of fused-ring (bicyclic) bond motifs is 1. The molecule has 174 valence electrons. The maximum atomic E-state index is 6.23. The van der Waals surface area contributed by atoms with E-state index in [0.717, 1.165) is 54.3 Å². The number of pyridine rings is 1. The SMILES string of the molecule is CCCO[C@H]1Cc2ccccc2[C@H]1Nc1nc(CC)c(Oc2cc(C)cc(C)n2)nc1CC. The molecule has 6 heteroatoms. The molecule has 0 radical (unpaired) electrons. The van der Waals surface area contributed by atoms with E-state index in [1.54, 1.807) is 0 Å². The van der Waals surface area contributed by atoms with Gasteiger partial charge in [-0.25, -0.2) is 15.0 Å². The lowest BCUT2D eigenvalue weighted by molar-refractivity contribution is 0.0483. The lowest BCUT2D eigenvalue weighted by atomic mass is 10.1. The minimum atomic E-state index is 0.0462. The molecular weight excluding hydrogens is 412 g/mol. The highest BCUT2D eigenvalue weighted by Gasteiger charge is 2.34. The van der Waals surface area contributed by atoms with Crippen molar-refractivity contribution in [2.45, 2.75) is 72.4 Å². The second-order valence-electron chi connectivity index (χ2n) is 8.64. The molecule has 1 aromatic carbocycles. The molecule has 0 bridgehead atoms. The van der Waals surface area contributed by atoms with Crippen LogP contribution in [0.5, 0.6) is 11.8 Å². The molecule has 2 heterocycles. The maximum absolute atomic E-state index is 6.23. The first-order valence-corrected chi connectivity index (χ1v) is 12.0. The van der Waals surface area contributed by atoms with E-state index in [4.69, 9.17) is 19.4 Å². The number of anilines is 1. The van der Waals surface area contributed by atoms with Crippen LogP contribution in [0.2, 0.25) is 0 Å². The van der Waals surface area contributed by atoms with Gasteiger partial charge >= 0.3 is 0 Å². The Balaban J connectivity index is 1.66. The van der Waals surface area contributed by atoms with Gasteiger partial charge in [0, 0.05) is 24.8 Å². The molecule has 0 unspecified atom stereocenters. The molecule has 6 nitrogen and oxygen atoms in total. The second-order valence-corrected chi connectivity index (χ2v) is 8.64. The summed E-state index contributed by atoms with van der Waals surface area (Å²) in [6.07, 6.45) is 3.43. The third kappa shape index (κ3) is 5.17. The Bertz CT molecular complexity index is 1100. The van der Waals surface area contributed by atoms with Crippen LogP contribution < -0.4 is 10.1 Å². The first kappa shape index (κ1) is 23.2. The van der Waals surface area contributed by atoms with Gasteiger partial charge in [0.2, 0.25) is 11.8 Å². The molecular formula is C27H34N4O2. The molecule has 2 atom stereocenters. The number of rotatable bonds is 9. The van der Waals surface area contributed by atoms with Gasteiger partial charge < -0.3 is 14.8 Å². The Morgan fingerprint density at radius 1 is 0.970 bits per heavy atom. The fourth-order valence-corrected chi connectivity index (χ4v) is 4.42. The first-order chi connectivity index (χ1) is 16.0. The van der Waals surface area contributed by atoms with Gasteiger partial charge in [0.15, 0.2) is 0 Å². The van der Waals surface area contributed by atoms with Gasteiger partial charge in [-0.2, -0.15) is 0 Å². The molecule has 0 fully saturated rings. The zero-order valence-electron chi connectivity index (χ0n) is 20.3. The Labute approximate surface area is 196 Å². The summed E-state index contributed by atoms with van der Waals surface area (Å²) in [6.45, 7) is 11.1. The normalized spacial score (nSPS) is 17.1. The summed E-state index contributed by atoms with van der Waals surface area (Å²) in [7, 11) is 0. The molecule has 1 N–H and O–H groups in total. The van der Waals surface area contributed by atoms with E-state index in [1.807, 2.05) is 26.0 Å². The summed E-state index contributed by atoms with van der Waals surface area (Å²) < 4.78 is 12.4. The zero-order chi connectivity index (χ0) is 23.4. The van der Waals surface area contributed by atoms with Crippen molar-refractivity contribution in [2.75, 3.05) is 11.9 Å². The van der Waals surface area contributed by atoms with Gasteiger partial charge in [0.1, 0.15) is 11.5 Å². The molecule has 2 aromatic heterocycles.